The van der Waals surface area contributed by atoms with Crippen molar-refractivity contribution in [1.29, 1.82) is 0 Å². The molecule has 7 nitrogen and oxygen atoms in total. The number of rotatable bonds is 7. The van der Waals surface area contributed by atoms with Crippen LogP contribution < -0.4 is 10.7 Å². The van der Waals surface area contributed by atoms with Gasteiger partial charge in [0.2, 0.25) is 17.0 Å². The van der Waals surface area contributed by atoms with E-state index in [1.165, 1.54) is 11.8 Å². The first-order valence-electron chi connectivity index (χ1n) is 7.23. The Morgan fingerprint density at radius 3 is 2.85 bits per heavy atom. The molecule has 0 atom stereocenters. The normalized spacial score (nSPS) is 11.0. The fraction of sp³-hybridized carbons (Fsp3) is 0.0667. The number of aromatic amines is 1. The second-order valence-corrected chi connectivity index (χ2v) is 7.52. The highest BCUT2D eigenvalue weighted by Gasteiger charge is 2.11. The van der Waals surface area contributed by atoms with E-state index in [0.29, 0.717) is 26.8 Å². The van der Waals surface area contributed by atoms with E-state index in [-0.39, 0.29) is 11.7 Å². The number of carbonyl (C=O) groups is 1. The first-order chi connectivity index (χ1) is 12.6. The maximum Gasteiger partial charge on any atom is 0.240 e. The Morgan fingerprint density at radius 1 is 1.31 bits per heavy atom. The number of thioether (sulfide) groups is 1. The van der Waals surface area contributed by atoms with Crippen molar-refractivity contribution in [3.8, 4) is 0 Å². The molecule has 3 aromatic rings. The molecule has 1 amide bonds. The molecule has 0 bridgehead atoms. The third kappa shape index (κ3) is 5.21. The van der Waals surface area contributed by atoms with Crippen molar-refractivity contribution in [2.75, 3.05) is 16.5 Å². The number of halogens is 2. The summed E-state index contributed by atoms with van der Waals surface area (Å²) in [5, 5.41) is 16.6. The smallest absolute Gasteiger partial charge is 0.240 e. The van der Waals surface area contributed by atoms with E-state index in [9.17, 15) is 4.79 Å². The van der Waals surface area contributed by atoms with Crippen molar-refractivity contribution in [3.63, 3.8) is 0 Å². The Labute approximate surface area is 167 Å². The summed E-state index contributed by atoms with van der Waals surface area (Å²) >= 11 is 14.8. The summed E-state index contributed by atoms with van der Waals surface area (Å²) in [6, 6.07) is 8.90. The number of amides is 1. The van der Waals surface area contributed by atoms with Crippen LogP contribution in [0, 0.1) is 0 Å². The van der Waals surface area contributed by atoms with E-state index in [1.807, 2.05) is 17.5 Å². The fourth-order valence-electron chi connectivity index (χ4n) is 1.81. The van der Waals surface area contributed by atoms with Crippen molar-refractivity contribution < 1.29 is 4.79 Å². The highest BCUT2D eigenvalue weighted by molar-refractivity contribution is 7.99. The van der Waals surface area contributed by atoms with E-state index in [1.54, 1.807) is 35.8 Å². The third-order valence-corrected chi connectivity index (χ3v) is 5.21. The van der Waals surface area contributed by atoms with Crippen LogP contribution in [0.25, 0.3) is 0 Å². The molecule has 0 fully saturated rings. The molecule has 0 radical (unpaired) electrons. The summed E-state index contributed by atoms with van der Waals surface area (Å²) in [7, 11) is 0. The Morgan fingerprint density at radius 2 is 2.12 bits per heavy atom. The number of para-hydroxylation sites is 1. The second kappa shape index (κ2) is 9.04. The Hall–Kier alpha value is -2.07. The number of H-pyrrole nitrogens is 1. The number of thiophene rings is 1. The maximum atomic E-state index is 12.0. The van der Waals surface area contributed by atoms with Gasteiger partial charge in [-0.25, -0.2) is 10.5 Å². The van der Waals surface area contributed by atoms with Gasteiger partial charge in [-0.1, -0.05) is 47.1 Å². The lowest BCUT2D eigenvalue weighted by atomic mass is 10.3. The van der Waals surface area contributed by atoms with Gasteiger partial charge in [0.15, 0.2) is 0 Å². The molecule has 1 aromatic carbocycles. The second-order valence-electron chi connectivity index (χ2n) is 4.79. The zero-order valence-electron chi connectivity index (χ0n) is 13.1. The Kier molecular flexibility index (Phi) is 6.51. The topological polar surface area (TPSA) is 95.1 Å². The lowest BCUT2D eigenvalue weighted by molar-refractivity contribution is -0.113. The predicted octanol–water partition coefficient (Wildman–Crippen LogP) is 4.35. The van der Waals surface area contributed by atoms with E-state index >= 15 is 0 Å². The van der Waals surface area contributed by atoms with Crippen LogP contribution in [-0.4, -0.2) is 33.1 Å². The largest absolute Gasteiger partial charge is 0.323 e. The number of aromatic nitrogens is 3. The molecule has 0 aliphatic rings. The van der Waals surface area contributed by atoms with Gasteiger partial charge < -0.3 is 5.32 Å². The van der Waals surface area contributed by atoms with E-state index in [0.717, 1.165) is 4.88 Å². The number of nitrogens with one attached hydrogen (secondary N) is 3. The van der Waals surface area contributed by atoms with Gasteiger partial charge in [0.1, 0.15) is 0 Å². The standard InChI is InChI=1S/C15H12Cl2N6OS2/c16-10-4-1-5-11(17)13(10)19-12(24)8-26-15-20-14(22-23-15)21-18-7-9-3-2-6-25-9/h1-7H,8H2,(H,19,24)(H2,20,21,22,23)/b18-7-. The van der Waals surface area contributed by atoms with Gasteiger partial charge in [-0.3, -0.25) is 4.79 Å². The molecule has 0 unspecified atom stereocenters. The minimum atomic E-state index is -0.264. The summed E-state index contributed by atoms with van der Waals surface area (Å²) in [5.41, 5.74) is 3.13. The molecule has 26 heavy (non-hydrogen) atoms. The van der Waals surface area contributed by atoms with Gasteiger partial charge in [-0.05, 0) is 23.6 Å². The van der Waals surface area contributed by atoms with Crippen molar-refractivity contribution in [1.82, 2.24) is 15.2 Å². The minimum absolute atomic E-state index is 0.108. The van der Waals surface area contributed by atoms with Gasteiger partial charge in [0, 0.05) is 4.88 Å². The van der Waals surface area contributed by atoms with Gasteiger partial charge in [0.05, 0.1) is 27.7 Å². The molecule has 134 valence electrons. The molecule has 2 aromatic heterocycles. The monoisotopic (exact) mass is 426 g/mol. The average Bonchev–Trinajstić information content (AvgIpc) is 3.29. The van der Waals surface area contributed by atoms with Crippen LogP contribution in [0.4, 0.5) is 11.6 Å². The minimum Gasteiger partial charge on any atom is -0.323 e. The first kappa shape index (κ1) is 18.7. The van der Waals surface area contributed by atoms with Crippen LogP contribution in [0.3, 0.4) is 0 Å². The fourth-order valence-corrected chi connectivity index (χ4v) is 3.48. The highest BCUT2D eigenvalue weighted by Crippen LogP contribution is 2.30. The summed E-state index contributed by atoms with van der Waals surface area (Å²) in [6.07, 6.45) is 1.68. The van der Waals surface area contributed by atoms with E-state index < -0.39 is 0 Å². The Balaban J connectivity index is 1.49. The van der Waals surface area contributed by atoms with Crippen LogP contribution in [-0.2, 0) is 4.79 Å². The molecule has 3 rings (SSSR count). The molecule has 0 saturated heterocycles. The molecule has 0 aliphatic carbocycles. The molecular weight excluding hydrogens is 415 g/mol. The molecule has 0 saturated carbocycles. The Bertz CT molecular complexity index is 893. The molecule has 2 heterocycles. The van der Waals surface area contributed by atoms with Crippen molar-refractivity contribution >= 4 is 70.1 Å². The van der Waals surface area contributed by atoms with Gasteiger partial charge in [0.25, 0.3) is 0 Å². The number of anilines is 2. The molecule has 3 N–H and O–H groups in total. The number of hydrogen-bond acceptors (Lipinski definition) is 7. The lowest BCUT2D eigenvalue weighted by Gasteiger charge is -2.08. The van der Waals surface area contributed by atoms with E-state index in [2.05, 4.69) is 31.0 Å². The molecule has 0 aliphatic heterocycles. The number of carbonyl (C=O) groups excluding carboxylic acids is 1. The summed E-state index contributed by atoms with van der Waals surface area (Å²) in [5.74, 6) is 0.229. The van der Waals surface area contributed by atoms with E-state index in [4.69, 9.17) is 23.2 Å². The van der Waals surface area contributed by atoms with Gasteiger partial charge in [-0.2, -0.15) is 10.1 Å². The highest BCUT2D eigenvalue weighted by atomic mass is 35.5. The van der Waals surface area contributed by atoms with Crippen LogP contribution in [0.1, 0.15) is 4.88 Å². The summed E-state index contributed by atoms with van der Waals surface area (Å²) < 4.78 is 0. The number of hydrogen-bond donors (Lipinski definition) is 3. The number of hydrazone groups is 1. The summed E-state index contributed by atoms with van der Waals surface area (Å²) in [4.78, 5) is 17.2. The zero-order valence-corrected chi connectivity index (χ0v) is 16.2. The van der Waals surface area contributed by atoms with Crippen LogP contribution in [0.2, 0.25) is 10.0 Å². The molecule has 0 spiro atoms. The van der Waals surface area contributed by atoms with Gasteiger partial charge >= 0.3 is 0 Å². The van der Waals surface area contributed by atoms with Crippen molar-refractivity contribution in [2.45, 2.75) is 5.16 Å². The third-order valence-electron chi connectivity index (χ3n) is 2.93. The molecule has 11 heteroatoms. The quantitative estimate of drug-likeness (QED) is 0.296. The first-order valence-corrected chi connectivity index (χ1v) is 9.85. The molecular formula is C15H12Cl2N6OS2. The van der Waals surface area contributed by atoms with Crippen molar-refractivity contribution in [3.05, 3.63) is 50.6 Å². The lowest BCUT2D eigenvalue weighted by Crippen LogP contribution is -2.14. The SMILES string of the molecule is O=C(CSc1n[nH]c(N/N=C\c2cccs2)n1)Nc1c(Cl)cccc1Cl. The van der Waals surface area contributed by atoms with Crippen LogP contribution >= 0.6 is 46.3 Å². The van der Waals surface area contributed by atoms with Gasteiger partial charge in [-0.15, -0.1) is 16.4 Å². The predicted molar refractivity (Wildman–Crippen MR) is 108 cm³/mol. The van der Waals surface area contributed by atoms with Crippen LogP contribution in [0.5, 0.6) is 0 Å². The summed E-state index contributed by atoms with van der Waals surface area (Å²) in [6.45, 7) is 0. The zero-order chi connectivity index (χ0) is 18.4. The van der Waals surface area contributed by atoms with Crippen LogP contribution in [0.15, 0.2) is 46.0 Å². The maximum absolute atomic E-state index is 12.0. The number of nitrogens with zero attached hydrogens (tertiary/aromatic N) is 3. The number of benzene rings is 1. The average molecular weight is 427 g/mol. The van der Waals surface area contributed by atoms with Crippen molar-refractivity contribution in [2.24, 2.45) is 5.10 Å².